The lowest BCUT2D eigenvalue weighted by Gasteiger charge is -2.03. The SMILES string of the molecule is C=CNc1ccc2ncn(C)c(=O)c2c1. The summed E-state index contributed by atoms with van der Waals surface area (Å²) < 4.78 is 1.46. The molecule has 1 aromatic heterocycles. The number of aromatic nitrogens is 2. The fraction of sp³-hybridized carbons (Fsp3) is 0.0909. The molecule has 2 rings (SSSR count). The molecule has 1 aromatic carbocycles. The summed E-state index contributed by atoms with van der Waals surface area (Å²) in [6.45, 7) is 3.57. The van der Waals surface area contributed by atoms with Crippen molar-refractivity contribution in [1.82, 2.24) is 9.55 Å². The van der Waals surface area contributed by atoms with Crippen molar-refractivity contribution in [3.63, 3.8) is 0 Å². The van der Waals surface area contributed by atoms with Gasteiger partial charge in [0.25, 0.3) is 5.56 Å². The molecule has 0 spiro atoms. The maximum Gasteiger partial charge on any atom is 0.260 e. The summed E-state index contributed by atoms with van der Waals surface area (Å²) >= 11 is 0. The molecule has 0 saturated carbocycles. The summed E-state index contributed by atoms with van der Waals surface area (Å²) in [6, 6.07) is 5.44. The molecule has 0 fully saturated rings. The molecular weight excluding hydrogens is 190 g/mol. The Balaban J connectivity index is 2.73. The van der Waals surface area contributed by atoms with Crippen molar-refractivity contribution < 1.29 is 0 Å². The zero-order valence-electron chi connectivity index (χ0n) is 8.40. The molecule has 1 heterocycles. The highest BCUT2D eigenvalue weighted by atomic mass is 16.1. The quantitative estimate of drug-likeness (QED) is 0.800. The average Bonchev–Trinajstić information content (AvgIpc) is 2.25. The Labute approximate surface area is 86.9 Å². The molecule has 0 aliphatic heterocycles. The van der Waals surface area contributed by atoms with Gasteiger partial charge in [-0.3, -0.25) is 4.79 Å². The van der Waals surface area contributed by atoms with Crippen LogP contribution in [-0.2, 0) is 7.05 Å². The number of anilines is 1. The van der Waals surface area contributed by atoms with Gasteiger partial charge in [-0.1, -0.05) is 6.58 Å². The summed E-state index contributed by atoms with van der Waals surface area (Å²) in [5, 5.41) is 3.54. The van der Waals surface area contributed by atoms with E-state index in [1.165, 1.54) is 10.9 Å². The molecule has 76 valence electrons. The number of nitrogens with one attached hydrogen (secondary N) is 1. The number of rotatable bonds is 2. The van der Waals surface area contributed by atoms with Gasteiger partial charge in [0.2, 0.25) is 0 Å². The van der Waals surface area contributed by atoms with E-state index in [4.69, 9.17) is 0 Å². The molecular formula is C11H11N3O. The van der Waals surface area contributed by atoms with Crippen molar-refractivity contribution in [2.45, 2.75) is 0 Å². The standard InChI is InChI=1S/C11H11N3O/c1-3-12-8-4-5-10-9(6-8)11(15)14(2)7-13-10/h3-7,12H,1H2,2H3. The first-order valence-corrected chi connectivity index (χ1v) is 4.55. The van der Waals surface area contributed by atoms with Gasteiger partial charge in [0.1, 0.15) is 0 Å². The van der Waals surface area contributed by atoms with E-state index in [2.05, 4.69) is 16.9 Å². The van der Waals surface area contributed by atoms with Crippen LogP contribution in [0.5, 0.6) is 0 Å². The third-order valence-corrected chi connectivity index (χ3v) is 2.19. The average molecular weight is 201 g/mol. The second-order valence-corrected chi connectivity index (χ2v) is 3.24. The van der Waals surface area contributed by atoms with E-state index in [9.17, 15) is 4.79 Å². The maximum atomic E-state index is 11.8. The number of fused-ring (bicyclic) bond motifs is 1. The van der Waals surface area contributed by atoms with Gasteiger partial charge >= 0.3 is 0 Å². The van der Waals surface area contributed by atoms with Crippen molar-refractivity contribution in [1.29, 1.82) is 0 Å². The van der Waals surface area contributed by atoms with Crippen LogP contribution in [0.15, 0.2) is 42.1 Å². The Hall–Kier alpha value is -2.10. The van der Waals surface area contributed by atoms with Crippen LogP contribution < -0.4 is 10.9 Å². The Bertz CT molecular complexity index is 572. The van der Waals surface area contributed by atoms with Gasteiger partial charge in [-0.15, -0.1) is 0 Å². The van der Waals surface area contributed by atoms with E-state index in [0.717, 1.165) is 5.69 Å². The van der Waals surface area contributed by atoms with E-state index in [0.29, 0.717) is 10.9 Å². The van der Waals surface area contributed by atoms with Gasteiger partial charge in [0, 0.05) is 12.7 Å². The molecule has 0 aliphatic carbocycles. The molecule has 0 radical (unpaired) electrons. The van der Waals surface area contributed by atoms with Gasteiger partial charge in [-0.25, -0.2) is 4.98 Å². The zero-order valence-corrected chi connectivity index (χ0v) is 8.40. The van der Waals surface area contributed by atoms with Crippen LogP contribution in [0, 0.1) is 0 Å². The number of hydrogen-bond acceptors (Lipinski definition) is 3. The molecule has 0 saturated heterocycles. The number of aryl methyl sites for hydroxylation is 1. The van der Waals surface area contributed by atoms with E-state index in [1.807, 2.05) is 12.1 Å². The first-order valence-electron chi connectivity index (χ1n) is 4.55. The van der Waals surface area contributed by atoms with Gasteiger partial charge in [-0.05, 0) is 24.4 Å². The van der Waals surface area contributed by atoms with Gasteiger partial charge in [0.05, 0.1) is 17.2 Å². The summed E-state index contributed by atoms with van der Waals surface area (Å²) in [5.74, 6) is 0. The first kappa shape index (κ1) is 9.45. The van der Waals surface area contributed by atoms with Crippen LogP contribution in [0.4, 0.5) is 5.69 Å². The van der Waals surface area contributed by atoms with Crippen LogP contribution in [0.3, 0.4) is 0 Å². The molecule has 15 heavy (non-hydrogen) atoms. The zero-order chi connectivity index (χ0) is 10.8. The normalized spacial score (nSPS) is 10.2. The molecule has 1 N–H and O–H groups in total. The van der Waals surface area contributed by atoms with Gasteiger partial charge in [0.15, 0.2) is 0 Å². The van der Waals surface area contributed by atoms with Crippen molar-refractivity contribution in [2.75, 3.05) is 5.32 Å². The lowest BCUT2D eigenvalue weighted by atomic mass is 10.2. The number of hydrogen-bond donors (Lipinski definition) is 1. The topological polar surface area (TPSA) is 46.9 Å². The van der Waals surface area contributed by atoms with E-state index in [-0.39, 0.29) is 5.56 Å². The van der Waals surface area contributed by atoms with Gasteiger partial charge < -0.3 is 9.88 Å². The highest BCUT2D eigenvalue weighted by Gasteiger charge is 2.01. The minimum Gasteiger partial charge on any atom is -0.362 e. The molecule has 2 aromatic rings. The van der Waals surface area contributed by atoms with E-state index in [1.54, 1.807) is 19.3 Å². The molecule has 4 heteroatoms. The molecule has 0 aliphatic rings. The van der Waals surface area contributed by atoms with E-state index < -0.39 is 0 Å². The second kappa shape index (κ2) is 3.57. The molecule has 0 amide bonds. The number of benzene rings is 1. The monoisotopic (exact) mass is 201 g/mol. The second-order valence-electron chi connectivity index (χ2n) is 3.24. The number of nitrogens with zero attached hydrogens (tertiary/aromatic N) is 2. The Kier molecular flexibility index (Phi) is 2.25. The Morgan fingerprint density at radius 1 is 1.53 bits per heavy atom. The van der Waals surface area contributed by atoms with Crippen molar-refractivity contribution in [3.8, 4) is 0 Å². The minimum absolute atomic E-state index is 0.0484. The molecule has 0 bridgehead atoms. The maximum absolute atomic E-state index is 11.8. The summed E-state index contributed by atoms with van der Waals surface area (Å²) in [4.78, 5) is 15.9. The van der Waals surface area contributed by atoms with Crippen molar-refractivity contribution in [3.05, 3.63) is 47.7 Å². The van der Waals surface area contributed by atoms with Crippen LogP contribution in [0.2, 0.25) is 0 Å². The molecule has 0 atom stereocenters. The van der Waals surface area contributed by atoms with E-state index >= 15 is 0 Å². The summed E-state index contributed by atoms with van der Waals surface area (Å²) in [6.07, 6.45) is 3.09. The predicted octanol–water partition coefficient (Wildman–Crippen LogP) is 1.49. The molecule has 4 nitrogen and oxygen atoms in total. The summed E-state index contributed by atoms with van der Waals surface area (Å²) in [5.41, 5.74) is 1.49. The summed E-state index contributed by atoms with van der Waals surface area (Å²) in [7, 11) is 1.68. The minimum atomic E-state index is -0.0484. The highest BCUT2D eigenvalue weighted by Crippen LogP contribution is 2.13. The van der Waals surface area contributed by atoms with Crippen molar-refractivity contribution in [2.24, 2.45) is 7.05 Å². The highest BCUT2D eigenvalue weighted by molar-refractivity contribution is 5.81. The first-order chi connectivity index (χ1) is 7.22. The third-order valence-electron chi connectivity index (χ3n) is 2.19. The van der Waals surface area contributed by atoms with Gasteiger partial charge in [-0.2, -0.15) is 0 Å². The largest absolute Gasteiger partial charge is 0.362 e. The fourth-order valence-electron chi connectivity index (χ4n) is 1.42. The Morgan fingerprint density at radius 2 is 2.33 bits per heavy atom. The van der Waals surface area contributed by atoms with Crippen molar-refractivity contribution >= 4 is 16.6 Å². The lowest BCUT2D eigenvalue weighted by Crippen LogP contribution is -2.16. The van der Waals surface area contributed by atoms with Crippen LogP contribution in [0.25, 0.3) is 10.9 Å². The molecule has 0 unspecified atom stereocenters. The fourth-order valence-corrected chi connectivity index (χ4v) is 1.42. The lowest BCUT2D eigenvalue weighted by molar-refractivity contribution is 0.843. The van der Waals surface area contributed by atoms with Crippen LogP contribution >= 0.6 is 0 Å². The predicted molar refractivity (Wildman–Crippen MR) is 60.8 cm³/mol. The van der Waals surface area contributed by atoms with Crippen LogP contribution in [-0.4, -0.2) is 9.55 Å². The Morgan fingerprint density at radius 3 is 3.07 bits per heavy atom. The smallest absolute Gasteiger partial charge is 0.260 e. The third kappa shape index (κ3) is 1.61. The van der Waals surface area contributed by atoms with Crippen LogP contribution in [0.1, 0.15) is 0 Å².